The summed E-state index contributed by atoms with van der Waals surface area (Å²) < 4.78 is 5.27. The minimum atomic E-state index is -0.281. The van der Waals surface area contributed by atoms with E-state index in [9.17, 15) is 4.79 Å². The molecule has 1 amide bonds. The van der Waals surface area contributed by atoms with Crippen molar-refractivity contribution >= 4 is 22.5 Å². The van der Waals surface area contributed by atoms with Gasteiger partial charge in [0, 0.05) is 5.39 Å². The summed E-state index contributed by atoms with van der Waals surface area (Å²) in [5.41, 5.74) is 6.21. The second-order valence-electron chi connectivity index (χ2n) is 4.82. The second kappa shape index (κ2) is 5.28. The Kier molecular flexibility index (Phi) is 3.31. The molecule has 21 heavy (non-hydrogen) atoms. The molecule has 0 aliphatic rings. The highest BCUT2D eigenvalue weighted by atomic mass is 16.3. The number of pyridine rings is 1. The predicted molar refractivity (Wildman–Crippen MR) is 80.7 cm³/mol. The van der Waals surface area contributed by atoms with Crippen molar-refractivity contribution in [2.24, 2.45) is 0 Å². The van der Waals surface area contributed by atoms with Crippen molar-refractivity contribution in [3.8, 4) is 0 Å². The monoisotopic (exact) mass is 281 g/mol. The topological polar surface area (TPSA) is 81.2 Å². The largest absolute Gasteiger partial charge is 0.467 e. The Bertz CT molecular complexity index is 781. The third-order valence-corrected chi connectivity index (χ3v) is 3.32. The van der Waals surface area contributed by atoms with Crippen molar-refractivity contribution < 1.29 is 9.21 Å². The number of nitrogens with zero attached hydrogens (tertiary/aromatic N) is 1. The fraction of sp³-hybridized carbons (Fsp3) is 0.125. The molecular formula is C16H15N3O2. The van der Waals surface area contributed by atoms with Gasteiger partial charge in [0.15, 0.2) is 0 Å². The molecule has 2 heterocycles. The number of fused-ring (bicyclic) bond motifs is 1. The van der Waals surface area contributed by atoms with E-state index in [-0.39, 0.29) is 11.9 Å². The number of furan rings is 1. The SMILES string of the molecule is CC(NC(=O)c1cc2ccccc2c(N)n1)c1ccco1. The van der Waals surface area contributed by atoms with Gasteiger partial charge in [0.2, 0.25) is 0 Å². The van der Waals surface area contributed by atoms with Crippen molar-refractivity contribution in [3.63, 3.8) is 0 Å². The number of nitrogen functional groups attached to an aromatic ring is 1. The number of hydrogen-bond donors (Lipinski definition) is 2. The summed E-state index contributed by atoms with van der Waals surface area (Å²) in [5, 5.41) is 4.57. The van der Waals surface area contributed by atoms with Crippen LogP contribution in [-0.4, -0.2) is 10.9 Å². The standard InChI is InChI=1S/C16H15N3O2/c1-10(14-7-4-8-21-14)18-16(20)13-9-11-5-2-3-6-12(11)15(17)19-13/h2-10H,1H3,(H2,17,19)(H,18,20). The number of amides is 1. The van der Waals surface area contributed by atoms with E-state index in [1.165, 1.54) is 0 Å². The maximum Gasteiger partial charge on any atom is 0.270 e. The Morgan fingerprint density at radius 3 is 2.86 bits per heavy atom. The zero-order chi connectivity index (χ0) is 14.8. The van der Waals surface area contributed by atoms with Crippen LogP contribution in [0.2, 0.25) is 0 Å². The summed E-state index contributed by atoms with van der Waals surface area (Å²) in [6.07, 6.45) is 1.57. The quantitative estimate of drug-likeness (QED) is 0.773. The molecule has 0 saturated heterocycles. The number of carbonyl (C=O) groups excluding carboxylic acids is 1. The van der Waals surface area contributed by atoms with Crippen LogP contribution in [0.15, 0.2) is 53.1 Å². The number of aromatic nitrogens is 1. The van der Waals surface area contributed by atoms with Gasteiger partial charge in [-0.1, -0.05) is 24.3 Å². The molecule has 0 aliphatic carbocycles. The van der Waals surface area contributed by atoms with Crippen LogP contribution < -0.4 is 11.1 Å². The Morgan fingerprint density at radius 1 is 1.29 bits per heavy atom. The lowest BCUT2D eigenvalue weighted by molar-refractivity contribution is 0.0930. The Balaban J connectivity index is 1.88. The van der Waals surface area contributed by atoms with Gasteiger partial charge in [-0.15, -0.1) is 0 Å². The Hall–Kier alpha value is -2.82. The van der Waals surface area contributed by atoms with Crippen molar-refractivity contribution in [3.05, 3.63) is 60.2 Å². The van der Waals surface area contributed by atoms with E-state index in [2.05, 4.69) is 10.3 Å². The number of hydrogen-bond acceptors (Lipinski definition) is 4. The van der Waals surface area contributed by atoms with Crippen LogP contribution in [0.4, 0.5) is 5.82 Å². The molecule has 3 aromatic rings. The summed E-state index contributed by atoms with van der Waals surface area (Å²) >= 11 is 0. The second-order valence-corrected chi connectivity index (χ2v) is 4.82. The van der Waals surface area contributed by atoms with E-state index in [1.54, 1.807) is 18.4 Å². The van der Waals surface area contributed by atoms with Gasteiger partial charge in [0.1, 0.15) is 17.3 Å². The number of rotatable bonds is 3. The van der Waals surface area contributed by atoms with E-state index in [0.717, 1.165) is 10.8 Å². The van der Waals surface area contributed by atoms with Gasteiger partial charge in [0.25, 0.3) is 5.91 Å². The molecule has 3 rings (SSSR count). The first-order valence-electron chi connectivity index (χ1n) is 6.64. The molecule has 5 heteroatoms. The molecule has 2 aromatic heterocycles. The lowest BCUT2D eigenvalue weighted by Crippen LogP contribution is -2.27. The molecule has 0 radical (unpaired) electrons. The normalized spacial score (nSPS) is 12.2. The number of anilines is 1. The van der Waals surface area contributed by atoms with Crippen LogP contribution >= 0.6 is 0 Å². The summed E-state index contributed by atoms with van der Waals surface area (Å²) in [5.74, 6) is 0.761. The van der Waals surface area contributed by atoms with Crippen LogP contribution in [0.5, 0.6) is 0 Å². The van der Waals surface area contributed by atoms with Gasteiger partial charge in [-0.25, -0.2) is 4.98 Å². The minimum Gasteiger partial charge on any atom is -0.467 e. The molecule has 106 valence electrons. The maximum atomic E-state index is 12.3. The number of nitrogens with two attached hydrogens (primary N) is 1. The van der Waals surface area contributed by atoms with E-state index in [0.29, 0.717) is 17.3 Å². The van der Waals surface area contributed by atoms with Crippen LogP contribution in [0, 0.1) is 0 Å². The fourth-order valence-electron chi connectivity index (χ4n) is 2.22. The minimum absolute atomic E-state index is 0.234. The molecule has 0 bridgehead atoms. The molecule has 0 saturated carbocycles. The Labute approximate surface area is 121 Å². The predicted octanol–water partition coefficient (Wildman–Crippen LogP) is 2.90. The summed E-state index contributed by atoms with van der Waals surface area (Å²) in [6, 6.07) is 12.7. The van der Waals surface area contributed by atoms with Gasteiger partial charge in [-0.05, 0) is 30.5 Å². The van der Waals surface area contributed by atoms with Crippen molar-refractivity contribution in [1.82, 2.24) is 10.3 Å². The number of benzene rings is 1. The van der Waals surface area contributed by atoms with Crippen molar-refractivity contribution in [2.75, 3.05) is 5.73 Å². The lowest BCUT2D eigenvalue weighted by Gasteiger charge is -2.12. The smallest absolute Gasteiger partial charge is 0.270 e. The van der Waals surface area contributed by atoms with Gasteiger partial charge >= 0.3 is 0 Å². The number of nitrogens with one attached hydrogen (secondary N) is 1. The summed E-state index contributed by atoms with van der Waals surface area (Å²) in [4.78, 5) is 16.4. The first-order valence-corrected chi connectivity index (χ1v) is 6.64. The van der Waals surface area contributed by atoms with E-state index in [4.69, 9.17) is 10.2 Å². The average Bonchev–Trinajstić information content (AvgIpc) is 3.01. The van der Waals surface area contributed by atoms with Gasteiger partial charge in [-0.3, -0.25) is 4.79 Å². The van der Waals surface area contributed by atoms with Crippen LogP contribution in [0.1, 0.15) is 29.2 Å². The van der Waals surface area contributed by atoms with Gasteiger partial charge in [-0.2, -0.15) is 0 Å². The molecule has 1 unspecified atom stereocenters. The zero-order valence-electron chi connectivity index (χ0n) is 11.5. The number of carbonyl (C=O) groups is 1. The first kappa shape index (κ1) is 13.2. The first-order chi connectivity index (χ1) is 10.1. The van der Waals surface area contributed by atoms with Crippen molar-refractivity contribution in [1.29, 1.82) is 0 Å². The lowest BCUT2D eigenvalue weighted by atomic mass is 10.1. The van der Waals surface area contributed by atoms with Crippen LogP contribution in [-0.2, 0) is 0 Å². The molecule has 1 aromatic carbocycles. The third-order valence-electron chi connectivity index (χ3n) is 3.32. The van der Waals surface area contributed by atoms with Crippen molar-refractivity contribution in [2.45, 2.75) is 13.0 Å². The molecule has 1 atom stereocenters. The average molecular weight is 281 g/mol. The van der Waals surface area contributed by atoms with E-state index in [1.807, 2.05) is 37.3 Å². The molecule has 0 fully saturated rings. The molecule has 0 aliphatic heterocycles. The zero-order valence-corrected chi connectivity index (χ0v) is 11.5. The highest BCUT2D eigenvalue weighted by Gasteiger charge is 2.15. The van der Waals surface area contributed by atoms with Gasteiger partial charge < -0.3 is 15.5 Å². The highest BCUT2D eigenvalue weighted by Crippen LogP contribution is 2.20. The van der Waals surface area contributed by atoms with Crippen LogP contribution in [0.25, 0.3) is 10.8 Å². The fourth-order valence-corrected chi connectivity index (χ4v) is 2.22. The van der Waals surface area contributed by atoms with E-state index < -0.39 is 0 Å². The highest BCUT2D eigenvalue weighted by molar-refractivity contribution is 5.99. The third kappa shape index (κ3) is 2.58. The molecule has 0 spiro atoms. The van der Waals surface area contributed by atoms with E-state index >= 15 is 0 Å². The molecule has 3 N–H and O–H groups in total. The summed E-state index contributed by atoms with van der Waals surface area (Å²) in [6.45, 7) is 1.85. The van der Waals surface area contributed by atoms with Crippen LogP contribution in [0.3, 0.4) is 0 Å². The maximum absolute atomic E-state index is 12.3. The molecular weight excluding hydrogens is 266 g/mol. The Morgan fingerprint density at radius 2 is 2.10 bits per heavy atom. The van der Waals surface area contributed by atoms with Gasteiger partial charge in [0.05, 0.1) is 12.3 Å². The summed E-state index contributed by atoms with van der Waals surface area (Å²) in [7, 11) is 0. The molecule has 5 nitrogen and oxygen atoms in total.